The predicted molar refractivity (Wildman–Crippen MR) is 66.4 cm³/mol. The highest BCUT2D eigenvalue weighted by atomic mass is 35.5. The second-order valence-electron chi connectivity index (χ2n) is 3.47. The van der Waals surface area contributed by atoms with Gasteiger partial charge in [0.25, 0.3) is 0 Å². The van der Waals surface area contributed by atoms with Crippen LogP contribution in [0.3, 0.4) is 0 Å². The number of phenols is 1. The number of phenolic OH excluding ortho intramolecular Hbond substituents is 1. The molecule has 5 nitrogen and oxygen atoms in total. The van der Waals surface area contributed by atoms with E-state index in [0.717, 1.165) is 0 Å². The summed E-state index contributed by atoms with van der Waals surface area (Å²) in [6.07, 6.45) is -0.190. The van der Waals surface area contributed by atoms with Crippen LogP contribution in [0.5, 0.6) is 11.5 Å². The number of rotatable bonds is 5. The van der Waals surface area contributed by atoms with Gasteiger partial charge in [-0.05, 0) is 24.6 Å². The van der Waals surface area contributed by atoms with E-state index in [1.165, 1.54) is 6.07 Å². The number of nitrogens with one attached hydrogen (secondary N) is 1. The Kier molecular flexibility index (Phi) is 5.28. The Morgan fingerprint density at radius 1 is 1.61 bits per heavy atom. The number of ether oxygens (including phenoxy) is 1. The van der Waals surface area contributed by atoms with Crippen LogP contribution in [0.1, 0.15) is 18.9 Å². The Hall–Kier alpha value is -1.93. The van der Waals surface area contributed by atoms with Crippen LogP contribution < -0.4 is 10.1 Å². The molecule has 1 rings (SSSR count). The molecule has 0 unspecified atom stereocenters. The number of amides is 1. The summed E-state index contributed by atoms with van der Waals surface area (Å²) < 4.78 is 5.21. The van der Waals surface area contributed by atoms with E-state index in [1.54, 1.807) is 19.1 Å². The number of nitriles is 1. The molecule has 0 aromatic heterocycles. The molecule has 0 spiro atoms. The minimum Gasteiger partial charge on any atom is -0.503 e. The molecule has 0 fully saturated rings. The molecule has 1 aromatic rings. The molecular weight excluding hydrogens is 256 g/mol. The van der Waals surface area contributed by atoms with E-state index in [0.29, 0.717) is 12.2 Å². The van der Waals surface area contributed by atoms with Gasteiger partial charge in [-0.25, -0.2) is 0 Å². The van der Waals surface area contributed by atoms with E-state index in [2.05, 4.69) is 5.32 Å². The highest BCUT2D eigenvalue weighted by Crippen LogP contribution is 2.35. The van der Waals surface area contributed by atoms with Crippen molar-refractivity contribution in [2.24, 2.45) is 0 Å². The van der Waals surface area contributed by atoms with E-state index in [1.807, 2.05) is 0 Å². The number of carbonyl (C=O) groups excluding carboxylic acids is 1. The van der Waals surface area contributed by atoms with Crippen LogP contribution in [0.2, 0.25) is 5.02 Å². The highest BCUT2D eigenvalue weighted by molar-refractivity contribution is 6.32. The number of halogens is 1. The van der Waals surface area contributed by atoms with E-state index in [4.69, 9.17) is 21.6 Å². The lowest BCUT2D eigenvalue weighted by Crippen LogP contribution is -2.21. The molecule has 96 valence electrons. The maximum atomic E-state index is 11.1. The zero-order valence-corrected chi connectivity index (χ0v) is 10.6. The first-order chi connectivity index (χ1) is 8.58. The van der Waals surface area contributed by atoms with Crippen molar-refractivity contribution in [2.75, 3.05) is 6.61 Å². The molecule has 0 aliphatic carbocycles. The predicted octanol–water partition coefficient (Wildman–Crippen LogP) is 1.97. The summed E-state index contributed by atoms with van der Waals surface area (Å²) in [7, 11) is 0. The minimum atomic E-state index is -0.361. The zero-order valence-electron chi connectivity index (χ0n) is 9.86. The number of hydrogen-bond acceptors (Lipinski definition) is 4. The molecule has 0 saturated carbocycles. The average molecular weight is 269 g/mol. The smallest absolute Gasteiger partial charge is 0.234 e. The van der Waals surface area contributed by atoms with Crippen LogP contribution in [-0.4, -0.2) is 17.6 Å². The number of hydrogen-bond donors (Lipinski definition) is 2. The fourth-order valence-electron chi connectivity index (χ4n) is 1.33. The molecule has 0 radical (unpaired) electrons. The van der Waals surface area contributed by atoms with Crippen molar-refractivity contribution in [3.8, 4) is 17.6 Å². The topological polar surface area (TPSA) is 82.3 Å². The Balaban J connectivity index is 2.78. The van der Waals surface area contributed by atoms with Gasteiger partial charge < -0.3 is 15.2 Å². The van der Waals surface area contributed by atoms with Crippen LogP contribution >= 0.6 is 11.6 Å². The summed E-state index contributed by atoms with van der Waals surface area (Å²) in [5.41, 5.74) is 0.688. The van der Waals surface area contributed by atoms with Gasteiger partial charge in [-0.15, -0.1) is 0 Å². The average Bonchev–Trinajstić information content (AvgIpc) is 2.33. The van der Waals surface area contributed by atoms with E-state index >= 15 is 0 Å². The van der Waals surface area contributed by atoms with Crippen molar-refractivity contribution < 1.29 is 14.6 Å². The quantitative estimate of drug-likeness (QED) is 0.855. The third-order valence-electron chi connectivity index (χ3n) is 2.12. The first-order valence-corrected chi connectivity index (χ1v) is 5.74. The van der Waals surface area contributed by atoms with Crippen molar-refractivity contribution in [2.45, 2.75) is 19.9 Å². The summed E-state index contributed by atoms with van der Waals surface area (Å²) in [6, 6.07) is 4.88. The zero-order chi connectivity index (χ0) is 13.5. The maximum absolute atomic E-state index is 11.1. The monoisotopic (exact) mass is 268 g/mol. The molecule has 0 aliphatic rings. The van der Waals surface area contributed by atoms with Gasteiger partial charge in [0.05, 0.1) is 17.7 Å². The molecule has 0 saturated heterocycles. The third kappa shape index (κ3) is 3.82. The van der Waals surface area contributed by atoms with Crippen LogP contribution in [0.15, 0.2) is 12.1 Å². The summed E-state index contributed by atoms with van der Waals surface area (Å²) in [5, 5.41) is 20.7. The fraction of sp³-hybridized carbons (Fsp3) is 0.333. The number of nitrogens with zero attached hydrogens (tertiary/aromatic N) is 1. The van der Waals surface area contributed by atoms with Crippen molar-refractivity contribution in [3.05, 3.63) is 22.7 Å². The van der Waals surface area contributed by atoms with E-state index in [-0.39, 0.29) is 35.4 Å². The molecule has 6 heteroatoms. The van der Waals surface area contributed by atoms with Crippen LogP contribution in [0.4, 0.5) is 0 Å². The fourth-order valence-corrected chi connectivity index (χ4v) is 1.56. The lowest BCUT2D eigenvalue weighted by Gasteiger charge is -2.10. The van der Waals surface area contributed by atoms with Crippen molar-refractivity contribution in [1.82, 2.24) is 5.32 Å². The highest BCUT2D eigenvalue weighted by Gasteiger charge is 2.10. The van der Waals surface area contributed by atoms with Crippen molar-refractivity contribution in [3.63, 3.8) is 0 Å². The third-order valence-corrected chi connectivity index (χ3v) is 2.41. The molecule has 2 N–H and O–H groups in total. The molecule has 0 atom stereocenters. The molecule has 0 aliphatic heterocycles. The first kappa shape index (κ1) is 14.1. The summed E-state index contributed by atoms with van der Waals surface area (Å²) in [4.78, 5) is 11.1. The molecule has 0 heterocycles. The standard InChI is InChI=1S/C12H13ClN2O3/c1-2-18-10-6-8(5-9(13)12(10)17)7-15-11(16)3-4-14/h5-6,17H,2-3,7H2,1H3,(H,15,16). The van der Waals surface area contributed by atoms with Gasteiger partial charge in [0.1, 0.15) is 6.42 Å². The Morgan fingerprint density at radius 3 is 2.94 bits per heavy atom. The van der Waals surface area contributed by atoms with E-state index in [9.17, 15) is 9.90 Å². The summed E-state index contributed by atoms with van der Waals surface area (Å²) in [5.74, 6) is -0.209. The van der Waals surface area contributed by atoms with Crippen LogP contribution in [-0.2, 0) is 11.3 Å². The van der Waals surface area contributed by atoms with Gasteiger partial charge in [0, 0.05) is 6.54 Å². The summed E-state index contributed by atoms with van der Waals surface area (Å²) in [6.45, 7) is 2.41. The van der Waals surface area contributed by atoms with Gasteiger partial charge in [-0.3, -0.25) is 4.79 Å². The Bertz CT molecular complexity index is 483. The number of benzene rings is 1. The van der Waals surface area contributed by atoms with Crippen LogP contribution in [0.25, 0.3) is 0 Å². The first-order valence-electron chi connectivity index (χ1n) is 5.36. The number of aromatic hydroxyl groups is 1. The molecular formula is C12H13ClN2O3. The van der Waals surface area contributed by atoms with Gasteiger partial charge >= 0.3 is 0 Å². The lowest BCUT2D eigenvalue weighted by atomic mass is 10.2. The maximum Gasteiger partial charge on any atom is 0.234 e. The second-order valence-corrected chi connectivity index (χ2v) is 3.88. The van der Waals surface area contributed by atoms with E-state index < -0.39 is 0 Å². The largest absolute Gasteiger partial charge is 0.503 e. The molecule has 1 amide bonds. The molecule has 0 bridgehead atoms. The molecule has 1 aromatic carbocycles. The SMILES string of the molecule is CCOc1cc(CNC(=O)CC#N)cc(Cl)c1O. The minimum absolute atomic E-state index is 0.120. The summed E-state index contributed by atoms with van der Waals surface area (Å²) >= 11 is 5.84. The number of carbonyl (C=O) groups is 1. The molecule has 18 heavy (non-hydrogen) atoms. The Morgan fingerprint density at radius 2 is 2.33 bits per heavy atom. The lowest BCUT2D eigenvalue weighted by molar-refractivity contribution is -0.120. The normalized spacial score (nSPS) is 9.61. The van der Waals surface area contributed by atoms with Crippen LogP contribution in [0, 0.1) is 11.3 Å². The van der Waals surface area contributed by atoms with Gasteiger partial charge in [0.2, 0.25) is 5.91 Å². The second kappa shape index (κ2) is 6.72. The van der Waals surface area contributed by atoms with Gasteiger partial charge in [-0.2, -0.15) is 5.26 Å². The van der Waals surface area contributed by atoms with Crippen molar-refractivity contribution in [1.29, 1.82) is 5.26 Å². The van der Waals surface area contributed by atoms with Gasteiger partial charge in [-0.1, -0.05) is 11.6 Å². The Labute approximate surface area is 110 Å². The van der Waals surface area contributed by atoms with Crippen molar-refractivity contribution >= 4 is 17.5 Å². The van der Waals surface area contributed by atoms with Gasteiger partial charge in [0.15, 0.2) is 11.5 Å².